The molecule has 0 N–H and O–H groups in total. The Morgan fingerprint density at radius 1 is 1.41 bits per heavy atom. The lowest BCUT2D eigenvalue weighted by Crippen LogP contribution is -2.40. The van der Waals surface area contributed by atoms with E-state index in [1.165, 1.54) is 5.56 Å². The van der Waals surface area contributed by atoms with Gasteiger partial charge in [0.25, 0.3) is 0 Å². The minimum Gasteiger partial charge on any atom is -0.446 e. The molecule has 0 saturated carbocycles. The van der Waals surface area contributed by atoms with Gasteiger partial charge < -0.3 is 4.74 Å². The van der Waals surface area contributed by atoms with Gasteiger partial charge in [-0.3, -0.25) is 4.90 Å². The number of fused-ring (bicyclic) bond motifs is 1. The number of carbonyl (C=O) groups excluding carboxylic acids is 1. The largest absolute Gasteiger partial charge is 0.446 e. The highest BCUT2D eigenvalue weighted by Gasteiger charge is 2.27. The molecule has 0 aromatic heterocycles. The SMILES string of the molecule is CC1Cc2ccccc2N(C(=O)OC(C)C)C1. The maximum atomic E-state index is 12.0. The Hall–Kier alpha value is -1.51. The molecular weight excluding hydrogens is 214 g/mol. The molecule has 92 valence electrons. The molecule has 0 fully saturated rings. The lowest BCUT2D eigenvalue weighted by molar-refractivity contribution is 0.121. The fourth-order valence-corrected chi connectivity index (χ4v) is 2.23. The quantitative estimate of drug-likeness (QED) is 0.745. The third-order valence-electron chi connectivity index (χ3n) is 2.90. The van der Waals surface area contributed by atoms with Crippen molar-refractivity contribution in [3.8, 4) is 0 Å². The van der Waals surface area contributed by atoms with E-state index in [-0.39, 0.29) is 12.2 Å². The third-order valence-corrected chi connectivity index (χ3v) is 2.90. The highest BCUT2D eigenvalue weighted by atomic mass is 16.6. The number of anilines is 1. The minimum absolute atomic E-state index is 0.0769. The smallest absolute Gasteiger partial charge is 0.414 e. The first-order valence-corrected chi connectivity index (χ1v) is 6.14. The van der Waals surface area contributed by atoms with Crippen molar-refractivity contribution in [2.75, 3.05) is 11.4 Å². The predicted molar refractivity (Wildman–Crippen MR) is 68.3 cm³/mol. The van der Waals surface area contributed by atoms with Gasteiger partial charge in [-0.1, -0.05) is 25.1 Å². The van der Waals surface area contributed by atoms with Crippen LogP contribution < -0.4 is 4.90 Å². The molecule has 1 atom stereocenters. The van der Waals surface area contributed by atoms with E-state index in [1.54, 1.807) is 4.90 Å². The van der Waals surface area contributed by atoms with E-state index in [4.69, 9.17) is 4.74 Å². The average molecular weight is 233 g/mol. The van der Waals surface area contributed by atoms with E-state index >= 15 is 0 Å². The Balaban J connectivity index is 2.26. The van der Waals surface area contributed by atoms with Gasteiger partial charge in [0.1, 0.15) is 0 Å². The van der Waals surface area contributed by atoms with Gasteiger partial charge >= 0.3 is 6.09 Å². The van der Waals surface area contributed by atoms with E-state index in [2.05, 4.69) is 13.0 Å². The molecule has 1 aliphatic rings. The van der Waals surface area contributed by atoms with Gasteiger partial charge in [-0.2, -0.15) is 0 Å². The standard InChI is InChI=1S/C14H19NO2/c1-10(2)17-14(16)15-9-11(3)8-12-6-4-5-7-13(12)15/h4-7,10-11H,8-9H2,1-3H3. The van der Waals surface area contributed by atoms with Crippen LogP contribution in [-0.4, -0.2) is 18.7 Å². The topological polar surface area (TPSA) is 29.5 Å². The highest BCUT2D eigenvalue weighted by molar-refractivity contribution is 5.89. The van der Waals surface area contributed by atoms with Crippen molar-refractivity contribution >= 4 is 11.8 Å². The van der Waals surface area contributed by atoms with Crippen LogP contribution in [0.25, 0.3) is 0 Å². The van der Waals surface area contributed by atoms with Gasteiger partial charge in [0.15, 0.2) is 0 Å². The van der Waals surface area contributed by atoms with E-state index in [9.17, 15) is 4.79 Å². The van der Waals surface area contributed by atoms with Crippen LogP contribution in [0.4, 0.5) is 10.5 Å². The molecule has 1 aromatic carbocycles. The Kier molecular flexibility index (Phi) is 3.36. The van der Waals surface area contributed by atoms with Crippen LogP contribution in [0.3, 0.4) is 0 Å². The molecule has 0 saturated heterocycles. The molecular formula is C14H19NO2. The second kappa shape index (κ2) is 4.78. The number of ether oxygens (including phenoxy) is 1. The van der Waals surface area contributed by atoms with Gasteiger partial charge in [-0.05, 0) is 37.8 Å². The van der Waals surface area contributed by atoms with Crippen LogP contribution in [0.5, 0.6) is 0 Å². The lowest BCUT2D eigenvalue weighted by atomic mass is 9.94. The average Bonchev–Trinajstić information content (AvgIpc) is 2.26. The second-order valence-electron chi connectivity index (χ2n) is 4.98. The number of para-hydroxylation sites is 1. The summed E-state index contributed by atoms with van der Waals surface area (Å²) < 4.78 is 5.28. The van der Waals surface area contributed by atoms with Gasteiger partial charge in [0.05, 0.1) is 11.8 Å². The first-order chi connectivity index (χ1) is 8.08. The molecule has 0 aliphatic carbocycles. The number of carbonyl (C=O) groups is 1. The maximum Gasteiger partial charge on any atom is 0.414 e. The summed E-state index contributed by atoms with van der Waals surface area (Å²) in [6.45, 7) is 6.64. The zero-order valence-corrected chi connectivity index (χ0v) is 10.6. The Labute approximate surface area is 102 Å². The summed E-state index contributed by atoms with van der Waals surface area (Å²) >= 11 is 0. The summed E-state index contributed by atoms with van der Waals surface area (Å²) in [5.41, 5.74) is 2.23. The molecule has 1 aliphatic heterocycles. The van der Waals surface area contributed by atoms with Crippen LogP contribution in [-0.2, 0) is 11.2 Å². The Bertz CT molecular complexity index is 414. The molecule has 2 rings (SSSR count). The number of hydrogen-bond donors (Lipinski definition) is 0. The molecule has 0 bridgehead atoms. The van der Waals surface area contributed by atoms with Gasteiger partial charge in [0, 0.05) is 6.54 Å². The van der Waals surface area contributed by atoms with Crippen LogP contribution in [0.15, 0.2) is 24.3 Å². The fourth-order valence-electron chi connectivity index (χ4n) is 2.23. The van der Waals surface area contributed by atoms with Crippen molar-refractivity contribution in [3.63, 3.8) is 0 Å². The summed E-state index contributed by atoms with van der Waals surface area (Å²) in [4.78, 5) is 13.8. The monoisotopic (exact) mass is 233 g/mol. The summed E-state index contributed by atoms with van der Waals surface area (Å²) in [5.74, 6) is 0.476. The molecule has 1 aromatic rings. The molecule has 17 heavy (non-hydrogen) atoms. The third kappa shape index (κ3) is 2.60. The normalized spacial score (nSPS) is 19.1. The summed E-state index contributed by atoms with van der Waals surface area (Å²) in [7, 11) is 0. The zero-order chi connectivity index (χ0) is 12.4. The van der Waals surface area contributed by atoms with E-state index in [0.29, 0.717) is 5.92 Å². The number of rotatable bonds is 1. The summed E-state index contributed by atoms with van der Waals surface area (Å²) in [6, 6.07) is 8.05. The number of hydrogen-bond acceptors (Lipinski definition) is 2. The van der Waals surface area contributed by atoms with E-state index in [0.717, 1.165) is 18.7 Å². The summed E-state index contributed by atoms with van der Waals surface area (Å²) in [5, 5.41) is 0. The second-order valence-corrected chi connectivity index (χ2v) is 4.98. The predicted octanol–water partition coefficient (Wildman–Crippen LogP) is 3.23. The van der Waals surface area contributed by atoms with Crippen LogP contribution in [0.1, 0.15) is 26.3 Å². The molecule has 0 radical (unpaired) electrons. The first-order valence-electron chi connectivity index (χ1n) is 6.14. The number of amides is 1. The molecule has 1 unspecified atom stereocenters. The van der Waals surface area contributed by atoms with Crippen molar-refractivity contribution in [2.24, 2.45) is 5.92 Å². The van der Waals surface area contributed by atoms with Crippen LogP contribution in [0, 0.1) is 5.92 Å². The van der Waals surface area contributed by atoms with E-state index < -0.39 is 0 Å². The number of benzene rings is 1. The van der Waals surface area contributed by atoms with Crippen molar-refractivity contribution in [1.29, 1.82) is 0 Å². The fraction of sp³-hybridized carbons (Fsp3) is 0.500. The van der Waals surface area contributed by atoms with Crippen molar-refractivity contribution < 1.29 is 9.53 Å². The lowest BCUT2D eigenvalue weighted by Gasteiger charge is -2.32. The molecule has 1 amide bonds. The van der Waals surface area contributed by atoms with Crippen LogP contribution >= 0.6 is 0 Å². The van der Waals surface area contributed by atoms with Gasteiger partial charge in [0.2, 0.25) is 0 Å². The van der Waals surface area contributed by atoms with Gasteiger partial charge in [-0.25, -0.2) is 4.79 Å². The van der Waals surface area contributed by atoms with Crippen molar-refractivity contribution in [3.05, 3.63) is 29.8 Å². The molecule has 0 spiro atoms. The van der Waals surface area contributed by atoms with Crippen molar-refractivity contribution in [1.82, 2.24) is 0 Å². The minimum atomic E-state index is -0.237. The van der Waals surface area contributed by atoms with Crippen LogP contribution in [0.2, 0.25) is 0 Å². The Morgan fingerprint density at radius 3 is 2.82 bits per heavy atom. The summed E-state index contributed by atoms with van der Waals surface area (Å²) in [6.07, 6.45) is 0.715. The molecule has 1 heterocycles. The van der Waals surface area contributed by atoms with Crippen molar-refractivity contribution in [2.45, 2.75) is 33.3 Å². The Morgan fingerprint density at radius 2 is 2.12 bits per heavy atom. The maximum absolute atomic E-state index is 12.0. The molecule has 3 nitrogen and oxygen atoms in total. The zero-order valence-electron chi connectivity index (χ0n) is 10.6. The van der Waals surface area contributed by atoms with E-state index in [1.807, 2.05) is 32.0 Å². The first kappa shape index (κ1) is 12.0. The van der Waals surface area contributed by atoms with Gasteiger partial charge in [-0.15, -0.1) is 0 Å². The number of nitrogens with zero attached hydrogens (tertiary/aromatic N) is 1. The highest BCUT2D eigenvalue weighted by Crippen LogP contribution is 2.29. The molecule has 3 heteroatoms.